The Morgan fingerprint density at radius 1 is 1.23 bits per heavy atom. The summed E-state index contributed by atoms with van der Waals surface area (Å²) in [4.78, 5) is 29.1. The number of likely N-dealkylation sites (N-methyl/N-ethyl adjacent to an activating group) is 1. The third-order valence-corrected chi connectivity index (χ3v) is 5.18. The number of hydrogen-bond donors (Lipinski definition) is 0. The summed E-state index contributed by atoms with van der Waals surface area (Å²) in [6.07, 6.45) is 6.23. The standard InChI is InChI=1S/C17H25N3O2/c1-3-19-9-4-6-14(19)15-7-5-10-20(15)17(22)13-8-11-18(2)16(21)12-13/h8,11-12,14-15H,3-7,9-10H2,1-2H3/t14-,15-/m1/s1. The molecule has 0 bridgehead atoms. The van der Waals surface area contributed by atoms with Crippen LogP contribution in [0.4, 0.5) is 0 Å². The molecule has 0 unspecified atom stereocenters. The maximum Gasteiger partial charge on any atom is 0.254 e. The molecular weight excluding hydrogens is 278 g/mol. The maximum atomic E-state index is 12.8. The van der Waals surface area contributed by atoms with Crippen LogP contribution < -0.4 is 5.56 Å². The molecule has 0 aromatic carbocycles. The third kappa shape index (κ3) is 2.70. The number of pyridine rings is 1. The fourth-order valence-corrected chi connectivity index (χ4v) is 3.97. The summed E-state index contributed by atoms with van der Waals surface area (Å²) >= 11 is 0. The van der Waals surface area contributed by atoms with Crippen LogP contribution in [0.3, 0.4) is 0 Å². The minimum absolute atomic E-state index is 0.0168. The Bertz CT molecular complexity index is 610. The SMILES string of the molecule is CCN1CCC[C@@H]1[C@H]1CCCN1C(=O)c1ccn(C)c(=O)c1. The van der Waals surface area contributed by atoms with E-state index in [1.165, 1.54) is 23.5 Å². The van der Waals surface area contributed by atoms with Crippen molar-refractivity contribution < 1.29 is 4.79 Å². The van der Waals surface area contributed by atoms with Crippen LogP contribution in [0.2, 0.25) is 0 Å². The van der Waals surface area contributed by atoms with E-state index in [0.717, 1.165) is 32.5 Å². The fraction of sp³-hybridized carbons (Fsp3) is 0.647. The van der Waals surface area contributed by atoms with Crippen LogP contribution in [-0.2, 0) is 7.05 Å². The van der Waals surface area contributed by atoms with Gasteiger partial charge in [-0.3, -0.25) is 14.5 Å². The van der Waals surface area contributed by atoms with E-state index in [-0.39, 0.29) is 11.5 Å². The minimum Gasteiger partial charge on any atom is -0.334 e. The molecule has 1 aromatic heterocycles. The van der Waals surface area contributed by atoms with Crippen molar-refractivity contribution in [1.29, 1.82) is 0 Å². The van der Waals surface area contributed by atoms with Gasteiger partial charge in [-0.05, 0) is 44.8 Å². The molecule has 3 heterocycles. The Labute approximate surface area is 131 Å². The van der Waals surface area contributed by atoms with Crippen molar-refractivity contribution in [3.05, 3.63) is 34.2 Å². The average Bonchev–Trinajstić information content (AvgIpc) is 3.16. The minimum atomic E-state index is -0.127. The van der Waals surface area contributed by atoms with E-state index >= 15 is 0 Å². The molecule has 120 valence electrons. The molecule has 2 saturated heterocycles. The summed E-state index contributed by atoms with van der Waals surface area (Å²) < 4.78 is 1.49. The topological polar surface area (TPSA) is 45.5 Å². The highest BCUT2D eigenvalue weighted by atomic mass is 16.2. The van der Waals surface area contributed by atoms with Crippen LogP contribution in [-0.4, -0.2) is 52.0 Å². The van der Waals surface area contributed by atoms with Crippen LogP contribution in [0.25, 0.3) is 0 Å². The molecule has 0 saturated carbocycles. The van der Waals surface area contributed by atoms with Crippen molar-refractivity contribution in [2.75, 3.05) is 19.6 Å². The summed E-state index contributed by atoms with van der Waals surface area (Å²) in [6, 6.07) is 4.01. The molecule has 0 spiro atoms. The number of likely N-dealkylation sites (tertiary alicyclic amines) is 2. The second-order valence-corrected chi connectivity index (χ2v) is 6.41. The number of amides is 1. The summed E-state index contributed by atoms with van der Waals surface area (Å²) in [5.74, 6) is 0.0168. The van der Waals surface area contributed by atoms with Crippen molar-refractivity contribution in [3.63, 3.8) is 0 Å². The van der Waals surface area contributed by atoms with Gasteiger partial charge in [0.25, 0.3) is 11.5 Å². The monoisotopic (exact) mass is 303 g/mol. The van der Waals surface area contributed by atoms with Crippen molar-refractivity contribution in [2.24, 2.45) is 7.05 Å². The van der Waals surface area contributed by atoms with Gasteiger partial charge in [-0.1, -0.05) is 6.92 Å². The Morgan fingerprint density at radius 3 is 2.68 bits per heavy atom. The van der Waals surface area contributed by atoms with Gasteiger partial charge in [-0.15, -0.1) is 0 Å². The predicted molar refractivity (Wildman–Crippen MR) is 86.0 cm³/mol. The van der Waals surface area contributed by atoms with Gasteiger partial charge >= 0.3 is 0 Å². The molecule has 1 aromatic rings. The van der Waals surface area contributed by atoms with Gasteiger partial charge in [0.2, 0.25) is 0 Å². The van der Waals surface area contributed by atoms with Gasteiger partial charge in [-0.2, -0.15) is 0 Å². The molecular formula is C17H25N3O2. The number of carbonyl (C=O) groups excluding carboxylic acids is 1. The second kappa shape index (κ2) is 6.24. The molecule has 0 radical (unpaired) electrons. The number of aryl methyl sites for hydroxylation is 1. The zero-order chi connectivity index (χ0) is 15.7. The summed E-state index contributed by atoms with van der Waals surface area (Å²) in [7, 11) is 1.70. The number of hydrogen-bond acceptors (Lipinski definition) is 3. The van der Waals surface area contributed by atoms with E-state index in [9.17, 15) is 9.59 Å². The highest BCUT2D eigenvalue weighted by molar-refractivity contribution is 5.94. The van der Waals surface area contributed by atoms with Crippen molar-refractivity contribution in [1.82, 2.24) is 14.4 Å². The quantitative estimate of drug-likeness (QED) is 0.849. The molecule has 22 heavy (non-hydrogen) atoms. The zero-order valence-corrected chi connectivity index (χ0v) is 13.5. The van der Waals surface area contributed by atoms with Crippen LogP contribution in [0.1, 0.15) is 43.0 Å². The summed E-state index contributed by atoms with van der Waals surface area (Å²) in [6.45, 7) is 5.20. The molecule has 5 heteroatoms. The smallest absolute Gasteiger partial charge is 0.254 e. The molecule has 2 aliphatic heterocycles. The van der Waals surface area contributed by atoms with Crippen molar-refractivity contribution in [2.45, 2.75) is 44.7 Å². The molecule has 2 atom stereocenters. The first kappa shape index (κ1) is 15.3. The van der Waals surface area contributed by atoms with Crippen LogP contribution >= 0.6 is 0 Å². The van der Waals surface area contributed by atoms with Gasteiger partial charge in [0, 0.05) is 43.5 Å². The average molecular weight is 303 g/mol. The zero-order valence-electron chi connectivity index (χ0n) is 13.5. The molecule has 5 nitrogen and oxygen atoms in total. The number of carbonyl (C=O) groups is 1. The van der Waals surface area contributed by atoms with Crippen LogP contribution in [0.15, 0.2) is 23.1 Å². The van der Waals surface area contributed by atoms with Gasteiger partial charge in [0.05, 0.1) is 0 Å². The first-order chi connectivity index (χ1) is 10.6. The van der Waals surface area contributed by atoms with Gasteiger partial charge in [0.15, 0.2) is 0 Å². The number of rotatable bonds is 3. The largest absolute Gasteiger partial charge is 0.334 e. The lowest BCUT2D eigenvalue weighted by Gasteiger charge is -2.34. The number of nitrogens with zero attached hydrogens (tertiary/aromatic N) is 3. The molecule has 3 rings (SSSR count). The van der Waals surface area contributed by atoms with E-state index in [1.807, 2.05) is 4.90 Å². The molecule has 2 aliphatic rings. The van der Waals surface area contributed by atoms with E-state index in [4.69, 9.17) is 0 Å². The Morgan fingerprint density at radius 2 is 1.95 bits per heavy atom. The van der Waals surface area contributed by atoms with Crippen molar-refractivity contribution >= 4 is 5.91 Å². The lowest BCUT2D eigenvalue weighted by molar-refractivity contribution is 0.0649. The summed E-state index contributed by atoms with van der Waals surface area (Å²) in [5.41, 5.74) is 0.397. The normalized spacial score (nSPS) is 25.8. The van der Waals surface area contributed by atoms with Gasteiger partial charge in [-0.25, -0.2) is 0 Å². The molecule has 0 N–H and O–H groups in total. The van der Waals surface area contributed by atoms with E-state index < -0.39 is 0 Å². The fourth-order valence-electron chi connectivity index (χ4n) is 3.97. The summed E-state index contributed by atoms with van der Waals surface area (Å²) in [5, 5.41) is 0. The van der Waals surface area contributed by atoms with Crippen LogP contribution in [0.5, 0.6) is 0 Å². The highest BCUT2D eigenvalue weighted by Crippen LogP contribution is 2.30. The Hall–Kier alpha value is -1.62. The Kier molecular flexibility index (Phi) is 4.34. The van der Waals surface area contributed by atoms with Gasteiger partial charge in [0.1, 0.15) is 0 Å². The first-order valence-corrected chi connectivity index (χ1v) is 8.33. The predicted octanol–water partition coefficient (Wildman–Crippen LogP) is 1.47. The highest BCUT2D eigenvalue weighted by Gasteiger charge is 2.39. The van der Waals surface area contributed by atoms with Crippen molar-refractivity contribution in [3.8, 4) is 0 Å². The Balaban J connectivity index is 1.81. The molecule has 2 fully saturated rings. The lowest BCUT2D eigenvalue weighted by atomic mass is 10.0. The van der Waals surface area contributed by atoms with E-state index in [1.54, 1.807) is 19.3 Å². The van der Waals surface area contributed by atoms with Gasteiger partial charge < -0.3 is 9.47 Å². The van der Waals surface area contributed by atoms with E-state index in [2.05, 4.69) is 11.8 Å². The molecule has 0 aliphatic carbocycles. The van der Waals surface area contributed by atoms with Crippen LogP contribution in [0, 0.1) is 0 Å². The lowest BCUT2D eigenvalue weighted by Crippen LogP contribution is -2.48. The molecule has 1 amide bonds. The maximum absolute atomic E-state index is 12.8. The number of aromatic nitrogens is 1. The third-order valence-electron chi connectivity index (χ3n) is 5.18. The second-order valence-electron chi connectivity index (χ2n) is 6.41. The van der Waals surface area contributed by atoms with E-state index in [0.29, 0.717) is 17.6 Å². The first-order valence-electron chi connectivity index (χ1n) is 8.33.